The van der Waals surface area contributed by atoms with Gasteiger partial charge in [-0.1, -0.05) is 44.2 Å². The first-order valence-corrected chi connectivity index (χ1v) is 12.7. The minimum Gasteiger partial charge on any atom is -0.441 e. The van der Waals surface area contributed by atoms with Gasteiger partial charge in [-0.25, -0.2) is 9.69 Å². The molecule has 0 bridgehead atoms. The summed E-state index contributed by atoms with van der Waals surface area (Å²) >= 11 is 3.24. The van der Waals surface area contributed by atoms with Crippen LogP contribution >= 0.6 is 15.9 Å². The lowest BCUT2D eigenvalue weighted by Gasteiger charge is -2.39. The van der Waals surface area contributed by atoms with Crippen molar-refractivity contribution in [1.29, 1.82) is 0 Å². The maximum atomic E-state index is 14.0. The Labute approximate surface area is 214 Å². The summed E-state index contributed by atoms with van der Waals surface area (Å²) in [7, 11) is 0. The van der Waals surface area contributed by atoms with Crippen molar-refractivity contribution in [2.24, 2.45) is 11.8 Å². The maximum Gasteiger partial charge on any atom is 0.417 e. The first-order chi connectivity index (χ1) is 16.4. The molecule has 0 saturated carbocycles. The fourth-order valence-corrected chi connectivity index (χ4v) is 5.55. The zero-order valence-electron chi connectivity index (χ0n) is 20.6. The van der Waals surface area contributed by atoms with Gasteiger partial charge in [-0.15, -0.1) is 0 Å². The van der Waals surface area contributed by atoms with Gasteiger partial charge < -0.3 is 19.7 Å². The monoisotopic (exact) mass is 551 g/mol. The highest BCUT2D eigenvalue weighted by molar-refractivity contribution is 9.11. The molecule has 8 nitrogen and oxygen atoms in total. The van der Waals surface area contributed by atoms with Crippen molar-refractivity contribution in [2.45, 2.75) is 76.9 Å². The van der Waals surface area contributed by atoms with Gasteiger partial charge in [-0.05, 0) is 66.6 Å². The van der Waals surface area contributed by atoms with Crippen molar-refractivity contribution in [3.05, 3.63) is 46.5 Å². The molecule has 2 aliphatic rings. The van der Waals surface area contributed by atoms with Crippen molar-refractivity contribution >= 4 is 33.7 Å². The Kier molecular flexibility index (Phi) is 8.57. The summed E-state index contributed by atoms with van der Waals surface area (Å²) in [5.41, 5.74) is -0.114. The molecule has 0 aliphatic carbocycles. The lowest BCUT2D eigenvalue weighted by molar-refractivity contribution is -0.218. The molecule has 2 N–H and O–H groups in total. The van der Waals surface area contributed by atoms with Gasteiger partial charge in [0, 0.05) is 13.0 Å². The van der Waals surface area contributed by atoms with Crippen LogP contribution in [0.1, 0.15) is 52.5 Å². The number of aliphatic hydroxyl groups is 2. The number of unbranched alkanes of at least 4 members (excludes halogenated alkanes) is 1. The Bertz CT molecular complexity index is 977. The number of benzene rings is 1. The topological polar surface area (TPSA) is 113 Å². The summed E-state index contributed by atoms with van der Waals surface area (Å²) in [4.78, 5) is 41.1. The molecule has 0 aromatic heterocycles. The number of nitrogens with zero attached hydrogens (tertiary/aromatic N) is 1. The number of amides is 2. The number of imide groups is 1. The normalized spacial score (nSPS) is 27.1. The van der Waals surface area contributed by atoms with Gasteiger partial charge in [0.25, 0.3) is 0 Å². The van der Waals surface area contributed by atoms with E-state index >= 15 is 0 Å². The predicted octanol–water partition coefficient (Wildman–Crippen LogP) is 3.73. The molecule has 35 heavy (non-hydrogen) atoms. The number of carbonyl (C=O) groups excluding carboxylic acids is 3. The third-order valence-corrected chi connectivity index (χ3v) is 7.40. The predicted molar refractivity (Wildman–Crippen MR) is 132 cm³/mol. The van der Waals surface area contributed by atoms with E-state index in [2.05, 4.69) is 15.9 Å². The van der Waals surface area contributed by atoms with Gasteiger partial charge in [0.1, 0.15) is 11.7 Å². The molecule has 2 heterocycles. The molecule has 9 heteroatoms. The molecular weight excluding hydrogens is 518 g/mol. The van der Waals surface area contributed by atoms with Gasteiger partial charge in [0.15, 0.2) is 11.6 Å². The van der Waals surface area contributed by atoms with E-state index in [1.165, 1.54) is 6.08 Å². The van der Waals surface area contributed by atoms with Crippen molar-refractivity contribution in [3.8, 4) is 0 Å². The van der Waals surface area contributed by atoms with Crippen LogP contribution in [0.2, 0.25) is 0 Å². The lowest BCUT2D eigenvalue weighted by Crippen LogP contribution is -2.55. The molecule has 0 unspecified atom stereocenters. The minimum atomic E-state index is -1.83. The van der Waals surface area contributed by atoms with E-state index in [9.17, 15) is 19.5 Å². The number of halogens is 1. The van der Waals surface area contributed by atoms with Crippen molar-refractivity contribution in [1.82, 2.24) is 4.90 Å². The zero-order chi connectivity index (χ0) is 26.0. The van der Waals surface area contributed by atoms with Crippen LogP contribution in [0.3, 0.4) is 0 Å². The minimum absolute atomic E-state index is 0.0433. The second kappa shape index (κ2) is 10.9. The zero-order valence-corrected chi connectivity index (χ0v) is 22.2. The van der Waals surface area contributed by atoms with Crippen LogP contribution < -0.4 is 0 Å². The lowest BCUT2D eigenvalue weighted by atomic mass is 9.85. The summed E-state index contributed by atoms with van der Waals surface area (Å²) in [6.45, 7) is 7.29. The van der Waals surface area contributed by atoms with Gasteiger partial charge in [0.2, 0.25) is 5.91 Å². The second-order valence-electron chi connectivity index (χ2n) is 10.1. The number of cyclic esters (lactones) is 1. The standard InChI is InChI=1S/C26H34BrNO7/c1-16(2)22-25(3,4)35-24(32)28(22)23(31)18(14-17-10-6-5-7-11-17)21-19(30)15-20(27)26(33,34-21)12-8-9-13-29/h5-7,10-11,15-16,18,21-22,29,33H,8-9,12-14H2,1-4H3/t18-,21-,22-,26+/m0/s1. The fourth-order valence-electron chi connectivity index (χ4n) is 5.04. The first kappa shape index (κ1) is 27.5. The highest BCUT2D eigenvalue weighted by atomic mass is 79.9. The van der Waals surface area contributed by atoms with Gasteiger partial charge >= 0.3 is 6.09 Å². The Morgan fingerprint density at radius 2 is 1.83 bits per heavy atom. The van der Waals surface area contributed by atoms with E-state index in [1.807, 2.05) is 44.2 Å². The number of ketones is 1. The third-order valence-electron chi connectivity index (χ3n) is 6.56. The Hall–Kier alpha value is -2.07. The molecule has 0 spiro atoms. The summed E-state index contributed by atoms with van der Waals surface area (Å²) in [6.07, 6.45) is 0.308. The van der Waals surface area contributed by atoms with Crippen LogP contribution in [0.25, 0.3) is 0 Å². The number of aliphatic hydroxyl groups excluding tert-OH is 1. The van der Waals surface area contributed by atoms with Crippen LogP contribution in [0.15, 0.2) is 40.9 Å². The Balaban J connectivity index is 2.01. The van der Waals surface area contributed by atoms with E-state index in [4.69, 9.17) is 14.6 Å². The third kappa shape index (κ3) is 5.85. The van der Waals surface area contributed by atoms with Gasteiger partial charge in [-0.3, -0.25) is 9.59 Å². The van der Waals surface area contributed by atoms with Crippen molar-refractivity contribution in [2.75, 3.05) is 6.61 Å². The molecule has 2 amide bonds. The Morgan fingerprint density at radius 3 is 2.43 bits per heavy atom. The van der Waals surface area contributed by atoms with Crippen molar-refractivity contribution in [3.63, 3.8) is 0 Å². The molecule has 1 saturated heterocycles. The van der Waals surface area contributed by atoms with E-state index in [-0.39, 0.29) is 29.8 Å². The smallest absolute Gasteiger partial charge is 0.417 e. The molecule has 2 aliphatic heterocycles. The van der Waals surface area contributed by atoms with E-state index in [0.717, 1.165) is 10.5 Å². The number of carbonyl (C=O) groups is 3. The van der Waals surface area contributed by atoms with Crippen molar-refractivity contribution < 1.29 is 34.1 Å². The summed E-state index contributed by atoms with van der Waals surface area (Å²) in [5.74, 6) is -4.05. The van der Waals surface area contributed by atoms with Crippen LogP contribution in [0, 0.1) is 11.8 Å². The molecule has 1 fully saturated rings. The SMILES string of the molecule is CC(C)[C@@H]1N(C(=O)[C@@H](Cc2ccccc2)[C@@H]2O[C@](O)(CCCCO)C(Br)=CC2=O)C(=O)OC1(C)C. The van der Waals surface area contributed by atoms with E-state index < -0.39 is 47.2 Å². The second-order valence-corrected chi connectivity index (χ2v) is 10.9. The highest BCUT2D eigenvalue weighted by Crippen LogP contribution is 2.40. The molecule has 1 aromatic carbocycles. The van der Waals surface area contributed by atoms with Gasteiger partial charge in [0.05, 0.1) is 16.4 Å². The summed E-state index contributed by atoms with van der Waals surface area (Å²) in [5, 5.41) is 20.3. The molecule has 0 radical (unpaired) electrons. The number of ether oxygens (including phenoxy) is 2. The van der Waals surface area contributed by atoms with Crippen LogP contribution in [-0.4, -0.2) is 63.0 Å². The maximum absolute atomic E-state index is 14.0. The summed E-state index contributed by atoms with van der Waals surface area (Å²) in [6, 6.07) is 8.62. The highest BCUT2D eigenvalue weighted by Gasteiger charge is 2.55. The average Bonchev–Trinajstić information content (AvgIpc) is 3.03. The molecule has 3 rings (SSSR count). The van der Waals surface area contributed by atoms with Crippen LogP contribution in [0.5, 0.6) is 0 Å². The van der Waals surface area contributed by atoms with Crippen LogP contribution in [-0.2, 0) is 25.5 Å². The number of hydrogen-bond acceptors (Lipinski definition) is 7. The number of hydrogen-bond donors (Lipinski definition) is 2. The molecule has 4 atom stereocenters. The Morgan fingerprint density at radius 1 is 1.17 bits per heavy atom. The van der Waals surface area contributed by atoms with E-state index in [0.29, 0.717) is 12.8 Å². The number of rotatable bonds is 9. The molecule has 1 aromatic rings. The largest absolute Gasteiger partial charge is 0.441 e. The van der Waals surface area contributed by atoms with Crippen LogP contribution in [0.4, 0.5) is 4.79 Å². The first-order valence-electron chi connectivity index (χ1n) is 11.9. The molecule has 192 valence electrons. The van der Waals surface area contributed by atoms with Gasteiger partial charge in [-0.2, -0.15) is 0 Å². The summed E-state index contributed by atoms with van der Waals surface area (Å²) < 4.78 is 11.7. The van der Waals surface area contributed by atoms with E-state index in [1.54, 1.807) is 13.8 Å². The quantitative estimate of drug-likeness (QED) is 0.449. The molecular formula is C26H34BrNO7. The fraction of sp³-hybridized carbons (Fsp3) is 0.577. The average molecular weight is 552 g/mol.